The van der Waals surface area contributed by atoms with Gasteiger partial charge in [-0.2, -0.15) is 0 Å². The van der Waals surface area contributed by atoms with Crippen molar-refractivity contribution >= 4 is 22.4 Å². The summed E-state index contributed by atoms with van der Waals surface area (Å²) in [6.07, 6.45) is 1.57. The second-order valence-electron chi connectivity index (χ2n) is 6.66. The number of fused-ring (bicyclic) bond motifs is 1. The molecule has 140 valence electrons. The molecule has 1 aromatic carbocycles. The van der Waals surface area contributed by atoms with Gasteiger partial charge in [0.15, 0.2) is 16.6 Å². The van der Waals surface area contributed by atoms with E-state index in [2.05, 4.69) is 22.2 Å². The van der Waals surface area contributed by atoms with Crippen molar-refractivity contribution in [2.24, 2.45) is 5.92 Å². The summed E-state index contributed by atoms with van der Waals surface area (Å²) >= 11 is 1.58. The molecule has 1 atom stereocenters. The standard InChI is InChI=1S/C19H25N3O3S/c1-12(9-13-5-6-15(24-3)16(10-13)25-4)18(23)21-19-20-14-7-8-22(2)11-17(14)26-19/h5-6,10,12H,7-9,11H2,1-4H3,(H,20,21,23). The van der Waals surface area contributed by atoms with Gasteiger partial charge in [0, 0.05) is 30.3 Å². The number of likely N-dealkylation sites (N-methyl/N-ethyl adjacent to an activating group) is 1. The molecule has 0 radical (unpaired) electrons. The first-order valence-corrected chi connectivity index (χ1v) is 9.50. The molecular formula is C19H25N3O3S. The van der Waals surface area contributed by atoms with Crippen LogP contribution in [0.2, 0.25) is 0 Å². The number of nitrogens with one attached hydrogen (secondary N) is 1. The summed E-state index contributed by atoms with van der Waals surface area (Å²) in [5.41, 5.74) is 2.15. The van der Waals surface area contributed by atoms with Gasteiger partial charge in [-0.15, -0.1) is 11.3 Å². The Morgan fingerprint density at radius 3 is 2.85 bits per heavy atom. The van der Waals surface area contributed by atoms with Crippen LogP contribution in [0.3, 0.4) is 0 Å². The Bertz CT molecular complexity index is 790. The van der Waals surface area contributed by atoms with Crippen LogP contribution in [0, 0.1) is 5.92 Å². The lowest BCUT2D eigenvalue weighted by atomic mass is 10.00. The predicted molar refractivity (Wildman–Crippen MR) is 103 cm³/mol. The molecule has 6 nitrogen and oxygen atoms in total. The Balaban J connectivity index is 1.63. The Hall–Kier alpha value is -2.12. The summed E-state index contributed by atoms with van der Waals surface area (Å²) in [6, 6.07) is 5.74. The van der Waals surface area contributed by atoms with E-state index in [-0.39, 0.29) is 11.8 Å². The highest BCUT2D eigenvalue weighted by Gasteiger charge is 2.21. The average Bonchev–Trinajstić information content (AvgIpc) is 3.02. The second-order valence-corrected chi connectivity index (χ2v) is 7.74. The second kappa shape index (κ2) is 8.05. The van der Waals surface area contributed by atoms with Crippen molar-refractivity contribution in [2.45, 2.75) is 26.3 Å². The van der Waals surface area contributed by atoms with Crippen LogP contribution in [0.4, 0.5) is 5.13 Å². The zero-order chi connectivity index (χ0) is 18.7. The third-order valence-corrected chi connectivity index (χ3v) is 5.59. The highest BCUT2D eigenvalue weighted by atomic mass is 32.1. The Morgan fingerprint density at radius 1 is 1.35 bits per heavy atom. The van der Waals surface area contributed by atoms with Crippen LogP contribution >= 0.6 is 11.3 Å². The molecule has 3 rings (SSSR count). The number of rotatable bonds is 6. The van der Waals surface area contributed by atoms with Crippen molar-refractivity contribution in [1.29, 1.82) is 0 Å². The van der Waals surface area contributed by atoms with Crippen LogP contribution in [-0.2, 0) is 24.2 Å². The number of methoxy groups -OCH3 is 2. The minimum Gasteiger partial charge on any atom is -0.493 e. The molecule has 0 spiro atoms. The molecule has 0 saturated heterocycles. The first-order chi connectivity index (χ1) is 12.5. The fourth-order valence-electron chi connectivity index (χ4n) is 3.06. The fourth-order valence-corrected chi connectivity index (χ4v) is 4.15. The first kappa shape index (κ1) is 18.7. The molecule has 1 amide bonds. The molecule has 2 aromatic rings. The number of aromatic nitrogens is 1. The van der Waals surface area contributed by atoms with Crippen LogP contribution in [0.25, 0.3) is 0 Å². The number of hydrogen-bond donors (Lipinski definition) is 1. The summed E-state index contributed by atoms with van der Waals surface area (Å²) in [5.74, 6) is 1.18. The number of carbonyl (C=O) groups is 1. The molecule has 2 heterocycles. The molecule has 7 heteroatoms. The van der Waals surface area contributed by atoms with Crippen molar-refractivity contribution in [1.82, 2.24) is 9.88 Å². The molecular weight excluding hydrogens is 350 g/mol. The van der Waals surface area contributed by atoms with Gasteiger partial charge >= 0.3 is 0 Å². The van der Waals surface area contributed by atoms with Crippen molar-refractivity contribution < 1.29 is 14.3 Å². The molecule has 1 aliphatic rings. The van der Waals surface area contributed by atoms with E-state index < -0.39 is 0 Å². The summed E-state index contributed by atoms with van der Waals surface area (Å²) in [5, 5.41) is 3.68. The van der Waals surface area contributed by atoms with Gasteiger partial charge in [-0.3, -0.25) is 4.79 Å². The Morgan fingerprint density at radius 2 is 2.12 bits per heavy atom. The van der Waals surface area contributed by atoms with Crippen LogP contribution in [0.15, 0.2) is 18.2 Å². The lowest BCUT2D eigenvalue weighted by Gasteiger charge is -2.20. The maximum Gasteiger partial charge on any atom is 0.229 e. The van der Waals surface area contributed by atoms with Crippen LogP contribution in [-0.4, -0.2) is 43.6 Å². The van der Waals surface area contributed by atoms with Crippen LogP contribution in [0.5, 0.6) is 11.5 Å². The third-order valence-electron chi connectivity index (χ3n) is 4.59. The smallest absolute Gasteiger partial charge is 0.229 e. The third kappa shape index (κ3) is 4.16. The molecule has 1 N–H and O–H groups in total. The van der Waals surface area contributed by atoms with Crippen LogP contribution in [0.1, 0.15) is 23.1 Å². The van der Waals surface area contributed by atoms with E-state index in [1.165, 1.54) is 4.88 Å². The quantitative estimate of drug-likeness (QED) is 0.841. The number of anilines is 1. The van der Waals surface area contributed by atoms with Gasteiger partial charge in [0.1, 0.15) is 0 Å². The van der Waals surface area contributed by atoms with E-state index in [0.29, 0.717) is 23.1 Å². The lowest BCUT2D eigenvalue weighted by Crippen LogP contribution is -2.25. The maximum atomic E-state index is 12.6. The van der Waals surface area contributed by atoms with Gasteiger partial charge in [0.25, 0.3) is 0 Å². The SMILES string of the molecule is COc1ccc(CC(C)C(=O)Nc2nc3c(s2)CN(C)CC3)cc1OC. The van der Waals surface area contributed by atoms with E-state index >= 15 is 0 Å². The highest BCUT2D eigenvalue weighted by Crippen LogP contribution is 2.30. The normalized spacial score (nSPS) is 15.2. The zero-order valence-corrected chi connectivity index (χ0v) is 16.5. The Kier molecular flexibility index (Phi) is 5.78. The van der Waals surface area contributed by atoms with Crippen LogP contribution < -0.4 is 14.8 Å². The molecule has 1 aromatic heterocycles. The fraction of sp³-hybridized carbons (Fsp3) is 0.474. The molecule has 0 fully saturated rings. The lowest BCUT2D eigenvalue weighted by molar-refractivity contribution is -0.119. The van der Waals surface area contributed by atoms with Gasteiger partial charge in [-0.1, -0.05) is 13.0 Å². The molecule has 1 aliphatic heterocycles. The summed E-state index contributed by atoms with van der Waals surface area (Å²) < 4.78 is 10.6. The van der Waals surface area contributed by atoms with Crippen molar-refractivity contribution in [3.05, 3.63) is 34.3 Å². The summed E-state index contributed by atoms with van der Waals surface area (Å²) in [4.78, 5) is 20.7. The predicted octanol–water partition coefficient (Wildman–Crippen LogP) is 2.97. The van der Waals surface area contributed by atoms with E-state index in [1.54, 1.807) is 25.6 Å². The van der Waals surface area contributed by atoms with Gasteiger partial charge in [-0.05, 0) is 31.2 Å². The summed E-state index contributed by atoms with van der Waals surface area (Å²) in [6.45, 7) is 3.84. The van der Waals surface area contributed by atoms with E-state index in [9.17, 15) is 4.79 Å². The average molecular weight is 375 g/mol. The van der Waals surface area contributed by atoms with Gasteiger partial charge in [-0.25, -0.2) is 4.98 Å². The van der Waals surface area contributed by atoms with Gasteiger partial charge < -0.3 is 19.7 Å². The molecule has 26 heavy (non-hydrogen) atoms. The molecule has 0 saturated carbocycles. The number of ether oxygens (including phenoxy) is 2. The molecule has 0 aliphatic carbocycles. The monoisotopic (exact) mass is 375 g/mol. The minimum atomic E-state index is -0.170. The summed E-state index contributed by atoms with van der Waals surface area (Å²) in [7, 11) is 5.32. The minimum absolute atomic E-state index is 0.0146. The van der Waals surface area contributed by atoms with E-state index in [1.807, 2.05) is 25.1 Å². The van der Waals surface area contributed by atoms with Gasteiger partial charge in [0.2, 0.25) is 5.91 Å². The maximum absolute atomic E-state index is 12.6. The largest absolute Gasteiger partial charge is 0.493 e. The number of benzene rings is 1. The topological polar surface area (TPSA) is 63.7 Å². The first-order valence-electron chi connectivity index (χ1n) is 8.69. The van der Waals surface area contributed by atoms with E-state index in [4.69, 9.17) is 9.47 Å². The molecule has 1 unspecified atom stereocenters. The number of thiazole rings is 1. The number of hydrogen-bond acceptors (Lipinski definition) is 6. The zero-order valence-electron chi connectivity index (χ0n) is 15.7. The van der Waals surface area contributed by atoms with Gasteiger partial charge in [0.05, 0.1) is 19.9 Å². The van der Waals surface area contributed by atoms with Crippen molar-refractivity contribution in [2.75, 3.05) is 33.1 Å². The number of carbonyl (C=O) groups excluding carboxylic acids is 1. The highest BCUT2D eigenvalue weighted by molar-refractivity contribution is 7.15. The molecule has 0 bridgehead atoms. The number of nitrogens with zero attached hydrogens (tertiary/aromatic N) is 2. The van der Waals surface area contributed by atoms with Crippen molar-refractivity contribution in [3.8, 4) is 11.5 Å². The van der Waals surface area contributed by atoms with E-state index in [0.717, 1.165) is 30.8 Å². The number of amides is 1. The Labute approximate surface area is 158 Å². The van der Waals surface area contributed by atoms with Crippen molar-refractivity contribution in [3.63, 3.8) is 0 Å².